The minimum absolute atomic E-state index is 0.0667. The van der Waals surface area contributed by atoms with E-state index in [4.69, 9.17) is 6.57 Å². The van der Waals surface area contributed by atoms with Gasteiger partial charge in [-0.1, -0.05) is 0 Å². The van der Waals surface area contributed by atoms with Crippen molar-refractivity contribution in [1.29, 1.82) is 0 Å². The van der Waals surface area contributed by atoms with Gasteiger partial charge in [0.25, 0.3) is 0 Å². The van der Waals surface area contributed by atoms with Gasteiger partial charge in [-0.2, -0.15) is 0 Å². The van der Waals surface area contributed by atoms with Crippen LogP contribution in [0.3, 0.4) is 0 Å². The van der Waals surface area contributed by atoms with Gasteiger partial charge in [0.1, 0.15) is 0 Å². The Morgan fingerprint density at radius 3 is 2.91 bits per heavy atom. The molecule has 3 heteroatoms. The van der Waals surface area contributed by atoms with Crippen molar-refractivity contribution in [2.45, 2.75) is 6.92 Å². The maximum Gasteiger partial charge on any atom is 0.205 e. The van der Waals surface area contributed by atoms with Crippen LogP contribution in [-0.4, -0.2) is 10.8 Å². The van der Waals surface area contributed by atoms with Crippen LogP contribution in [0.5, 0.6) is 0 Å². The van der Waals surface area contributed by atoms with Crippen LogP contribution in [0.2, 0.25) is 0 Å². The fourth-order valence-electron chi connectivity index (χ4n) is 0.681. The predicted octanol–water partition coefficient (Wildman–Crippen LogP) is 1.83. The van der Waals surface area contributed by atoms with Gasteiger partial charge in [-0.3, -0.25) is 9.78 Å². The first-order valence-corrected chi connectivity index (χ1v) is 3.07. The zero-order valence-corrected chi connectivity index (χ0v) is 6.03. The summed E-state index contributed by atoms with van der Waals surface area (Å²) in [5.74, 6) is -0.0667. The Hall–Kier alpha value is -1.69. The van der Waals surface area contributed by atoms with E-state index < -0.39 is 0 Å². The first kappa shape index (κ1) is 7.42. The number of pyridine rings is 1. The highest BCUT2D eigenvalue weighted by molar-refractivity contribution is 5.94. The van der Waals surface area contributed by atoms with E-state index in [2.05, 4.69) is 9.83 Å². The number of rotatable bonds is 1. The summed E-state index contributed by atoms with van der Waals surface area (Å²) in [6.07, 6.45) is 2.89. The fraction of sp³-hybridized carbons (Fsp3) is 0.125. The Balaban J connectivity index is 3.13. The third kappa shape index (κ3) is 1.62. The Labute approximate surface area is 64.5 Å². The monoisotopic (exact) mass is 146 g/mol. The van der Waals surface area contributed by atoms with Crippen LogP contribution in [0.15, 0.2) is 18.5 Å². The molecular formula is C8H6N2O. The molecule has 11 heavy (non-hydrogen) atoms. The van der Waals surface area contributed by atoms with Gasteiger partial charge in [0, 0.05) is 18.0 Å². The molecule has 0 amide bonds. The highest BCUT2D eigenvalue weighted by Crippen LogP contribution is 2.11. The number of aromatic nitrogens is 1. The summed E-state index contributed by atoms with van der Waals surface area (Å²) in [5, 5.41) is 0. The fourth-order valence-corrected chi connectivity index (χ4v) is 0.681. The Morgan fingerprint density at radius 1 is 1.64 bits per heavy atom. The second-order valence-corrected chi connectivity index (χ2v) is 2.10. The summed E-state index contributed by atoms with van der Waals surface area (Å²) < 4.78 is 0. The summed E-state index contributed by atoms with van der Waals surface area (Å²) in [4.78, 5) is 17.7. The van der Waals surface area contributed by atoms with E-state index in [0.717, 1.165) is 0 Å². The molecule has 0 unspecified atom stereocenters. The zero-order chi connectivity index (χ0) is 8.27. The Morgan fingerprint density at radius 2 is 2.36 bits per heavy atom. The lowest BCUT2D eigenvalue weighted by atomic mass is 10.2. The van der Waals surface area contributed by atoms with Crippen LogP contribution in [0.1, 0.15) is 17.3 Å². The normalized spacial score (nSPS) is 8.73. The van der Waals surface area contributed by atoms with E-state index in [1.165, 1.54) is 25.4 Å². The zero-order valence-electron chi connectivity index (χ0n) is 6.03. The second kappa shape index (κ2) is 2.93. The molecule has 1 rings (SSSR count). The van der Waals surface area contributed by atoms with Gasteiger partial charge >= 0.3 is 0 Å². The Bertz CT molecular complexity index is 325. The lowest BCUT2D eigenvalue weighted by Gasteiger charge is -1.92. The van der Waals surface area contributed by atoms with Crippen molar-refractivity contribution in [2.75, 3.05) is 0 Å². The molecule has 1 aromatic rings. The van der Waals surface area contributed by atoms with Gasteiger partial charge in [0.2, 0.25) is 5.69 Å². The van der Waals surface area contributed by atoms with Crippen LogP contribution in [-0.2, 0) is 0 Å². The lowest BCUT2D eigenvalue weighted by Crippen LogP contribution is -1.91. The number of Topliss-reactive ketones (excluding diaryl/α,β-unsaturated/α-hetero) is 1. The maximum absolute atomic E-state index is 10.8. The molecule has 54 valence electrons. The number of nitrogens with zero attached hydrogens (tertiary/aromatic N) is 2. The van der Waals surface area contributed by atoms with E-state index in [9.17, 15) is 4.79 Å². The first-order chi connectivity index (χ1) is 5.24. The molecule has 0 aliphatic rings. The first-order valence-electron chi connectivity index (χ1n) is 3.07. The minimum atomic E-state index is -0.0667. The molecule has 0 bridgehead atoms. The quantitative estimate of drug-likeness (QED) is 0.447. The van der Waals surface area contributed by atoms with E-state index >= 15 is 0 Å². The highest BCUT2D eigenvalue weighted by Gasteiger charge is 1.99. The molecule has 0 aromatic carbocycles. The van der Waals surface area contributed by atoms with E-state index in [1.807, 2.05) is 0 Å². The van der Waals surface area contributed by atoms with Gasteiger partial charge in [0.05, 0.1) is 6.57 Å². The van der Waals surface area contributed by atoms with Crippen molar-refractivity contribution in [3.05, 3.63) is 35.4 Å². The number of carbonyl (C=O) groups excluding carboxylic acids is 1. The molecule has 0 N–H and O–H groups in total. The minimum Gasteiger partial charge on any atom is -0.295 e. The molecular weight excluding hydrogens is 140 g/mol. The molecule has 0 saturated heterocycles. The molecule has 0 saturated carbocycles. The van der Waals surface area contributed by atoms with Gasteiger partial charge in [-0.05, 0) is 13.0 Å². The highest BCUT2D eigenvalue weighted by atomic mass is 16.1. The van der Waals surface area contributed by atoms with Gasteiger partial charge < -0.3 is 0 Å². The molecule has 3 nitrogen and oxygen atoms in total. The van der Waals surface area contributed by atoms with E-state index in [0.29, 0.717) is 11.3 Å². The average molecular weight is 146 g/mol. The van der Waals surface area contributed by atoms with Crippen molar-refractivity contribution in [3.8, 4) is 0 Å². The largest absolute Gasteiger partial charge is 0.295 e. The SMILES string of the molecule is [C-]#[N+]c1cncc(C(C)=O)c1. The molecule has 1 aromatic heterocycles. The average Bonchev–Trinajstić information content (AvgIpc) is 2.05. The van der Waals surface area contributed by atoms with Crippen molar-refractivity contribution < 1.29 is 4.79 Å². The Kier molecular flexibility index (Phi) is 1.98. The summed E-state index contributed by atoms with van der Waals surface area (Å²) in [6, 6.07) is 1.53. The summed E-state index contributed by atoms with van der Waals surface area (Å²) >= 11 is 0. The second-order valence-electron chi connectivity index (χ2n) is 2.10. The maximum atomic E-state index is 10.8. The molecule has 0 aliphatic carbocycles. The number of hydrogen-bond acceptors (Lipinski definition) is 2. The van der Waals surface area contributed by atoms with Gasteiger partial charge in [-0.25, -0.2) is 4.85 Å². The summed E-state index contributed by atoms with van der Waals surface area (Å²) in [5.41, 5.74) is 0.885. The van der Waals surface area contributed by atoms with Crippen LogP contribution in [0.25, 0.3) is 4.85 Å². The van der Waals surface area contributed by atoms with E-state index in [-0.39, 0.29) is 5.78 Å². The standard InChI is InChI=1S/C8H6N2O/c1-6(11)7-3-8(9-2)5-10-4-7/h3-5H,1H3. The van der Waals surface area contributed by atoms with Gasteiger partial charge in [0.15, 0.2) is 5.78 Å². The predicted molar refractivity (Wildman–Crippen MR) is 40.5 cm³/mol. The molecule has 0 atom stereocenters. The smallest absolute Gasteiger partial charge is 0.205 e. The third-order valence-corrected chi connectivity index (χ3v) is 1.26. The van der Waals surface area contributed by atoms with Crippen molar-refractivity contribution in [1.82, 2.24) is 4.98 Å². The molecule has 1 heterocycles. The van der Waals surface area contributed by atoms with Gasteiger partial charge in [-0.15, -0.1) is 0 Å². The molecule has 0 aliphatic heterocycles. The number of hydrogen-bond donors (Lipinski definition) is 0. The van der Waals surface area contributed by atoms with Crippen LogP contribution >= 0.6 is 0 Å². The topological polar surface area (TPSA) is 34.3 Å². The van der Waals surface area contributed by atoms with Crippen LogP contribution in [0.4, 0.5) is 5.69 Å². The summed E-state index contributed by atoms with van der Waals surface area (Å²) in [7, 11) is 0. The van der Waals surface area contributed by atoms with Crippen molar-refractivity contribution in [3.63, 3.8) is 0 Å². The van der Waals surface area contributed by atoms with Crippen molar-refractivity contribution in [2.24, 2.45) is 0 Å². The number of ketones is 1. The van der Waals surface area contributed by atoms with E-state index in [1.54, 1.807) is 0 Å². The third-order valence-electron chi connectivity index (χ3n) is 1.26. The molecule has 0 spiro atoms. The number of carbonyl (C=O) groups is 1. The van der Waals surface area contributed by atoms with Crippen LogP contribution in [0, 0.1) is 6.57 Å². The summed E-state index contributed by atoms with van der Waals surface area (Å²) in [6.45, 7) is 8.10. The van der Waals surface area contributed by atoms with Crippen molar-refractivity contribution >= 4 is 11.5 Å². The lowest BCUT2D eigenvalue weighted by molar-refractivity contribution is 0.101. The van der Waals surface area contributed by atoms with Crippen LogP contribution < -0.4 is 0 Å². The molecule has 0 fully saturated rings. The molecule has 0 radical (unpaired) electrons.